The van der Waals surface area contributed by atoms with Gasteiger partial charge in [-0.3, -0.25) is 4.79 Å². The molecule has 4 aromatic rings. The Balaban J connectivity index is 1.21. The van der Waals surface area contributed by atoms with Crippen molar-refractivity contribution in [2.24, 2.45) is 5.92 Å². The first kappa shape index (κ1) is 24.8. The van der Waals surface area contributed by atoms with Gasteiger partial charge in [0.15, 0.2) is 0 Å². The zero-order valence-corrected chi connectivity index (χ0v) is 20.9. The summed E-state index contributed by atoms with van der Waals surface area (Å²) < 4.78 is 5.58. The lowest BCUT2D eigenvalue weighted by Crippen LogP contribution is -2.46. The fourth-order valence-corrected chi connectivity index (χ4v) is 4.96. The van der Waals surface area contributed by atoms with Gasteiger partial charge in [-0.2, -0.15) is 0 Å². The van der Waals surface area contributed by atoms with E-state index in [0.717, 1.165) is 53.2 Å². The molecule has 1 atom stereocenters. The third kappa shape index (κ3) is 6.66. The number of alkyl carbamates (subject to hydrolysis) is 1. The van der Waals surface area contributed by atoms with Gasteiger partial charge in [-0.25, -0.2) is 4.79 Å². The molecule has 0 aromatic heterocycles. The smallest absolute Gasteiger partial charge is 0.407 e. The summed E-state index contributed by atoms with van der Waals surface area (Å²) in [5.74, 6) is 0.0227. The monoisotopic (exact) mass is 495 g/mol. The number of carbonyl (C=O) groups excluding carboxylic acids is 2. The van der Waals surface area contributed by atoms with E-state index in [2.05, 4.69) is 64.5 Å². The Bertz CT molecular complexity index is 1380. The van der Waals surface area contributed by atoms with Crippen molar-refractivity contribution < 1.29 is 14.3 Å². The summed E-state index contributed by atoms with van der Waals surface area (Å²) in [5, 5.41) is 13.9. The number of hydrogen-bond acceptors (Lipinski definition) is 4. The molecular formula is C31H33N3O3. The van der Waals surface area contributed by atoms with Crippen LogP contribution in [0.1, 0.15) is 24.0 Å². The van der Waals surface area contributed by atoms with Crippen molar-refractivity contribution in [1.82, 2.24) is 16.0 Å². The second-order valence-corrected chi connectivity index (χ2v) is 9.75. The van der Waals surface area contributed by atoms with Crippen molar-refractivity contribution in [3.63, 3.8) is 0 Å². The maximum absolute atomic E-state index is 13.0. The van der Waals surface area contributed by atoms with Gasteiger partial charge >= 0.3 is 6.09 Å². The first-order chi connectivity index (χ1) is 18.1. The van der Waals surface area contributed by atoms with Crippen LogP contribution in [-0.4, -0.2) is 37.7 Å². The third-order valence-electron chi connectivity index (χ3n) is 7.02. The minimum Gasteiger partial charge on any atom is -0.447 e. The first-order valence-electron chi connectivity index (χ1n) is 13.0. The topological polar surface area (TPSA) is 79.5 Å². The van der Waals surface area contributed by atoms with Crippen LogP contribution in [0.3, 0.4) is 0 Å². The van der Waals surface area contributed by atoms with Crippen LogP contribution in [0.5, 0.6) is 0 Å². The number of rotatable bonds is 8. The van der Waals surface area contributed by atoms with Gasteiger partial charge in [0.2, 0.25) is 5.91 Å². The van der Waals surface area contributed by atoms with Gasteiger partial charge < -0.3 is 20.7 Å². The molecule has 190 valence electrons. The van der Waals surface area contributed by atoms with Crippen molar-refractivity contribution in [2.45, 2.75) is 31.8 Å². The Morgan fingerprint density at radius 1 is 0.811 bits per heavy atom. The Kier molecular flexibility index (Phi) is 7.96. The number of carbonyl (C=O) groups is 2. The van der Waals surface area contributed by atoms with E-state index in [1.807, 2.05) is 36.4 Å². The molecule has 0 radical (unpaired) electrons. The van der Waals surface area contributed by atoms with Gasteiger partial charge in [0.1, 0.15) is 6.61 Å². The summed E-state index contributed by atoms with van der Waals surface area (Å²) in [6.45, 7) is 2.18. The van der Waals surface area contributed by atoms with E-state index in [1.54, 1.807) is 0 Å². The van der Waals surface area contributed by atoms with E-state index >= 15 is 0 Å². The van der Waals surface area contributed by atoms with E-state index < -0.39 is 6.09 Å². The molecule has 0 spiro atoms. The molecule has 1 saturated heterocycles. The van der Waals surface area contributed by atoms with Crippen molar-refractivity contribution in [3.8, 4) is 0 Å². The number of amides is 2. The molecule has 3 N–H and O–H groups in total. The van der Waals surface area contributed by atoms with Gasteiger partial charge in [0.05, 0.1) is 6.04 Å². The van der Waals surface area contributed by atoms with Crippen LogP contribution in [0.15, 0.2) is 84.9 Å². The fraction of sp³-hybridized carbons (Fsp3) is 0.290. The van der Waals surface area contributed by atoms with Crippen LogP contribution in [0.25, 0.3) is 21.5 Å². The normalized spacial score (nSPS) is 14.8. The third-order valence-corrected chi connectivity index (χ3v) is 7.02. The molecular weight excluding hydrogens is 462 g/mol. The van der Waals surface area contributed by atoms with Crippen LogP contribution < -0.4 is 16.0 Å². The minimum atomic E-state index is -0.493. The summed E-state index contributed by atoms with van der Waals surface area (Å²) in [6, 6.07) is 28.4. The van der Waals surface area contributed by atoms with Crippen molar-refractivity contribution in [2.75, 3.05) is 19.7 Å². The molecule has 0 unspecified atom stereocenters. The summed E-state index contributed by atoms with van der Waals surface area (Å²) in [5.41, 5.74) is 2.09. The molecule has 4 aromatic carbocycles. The van der Waals surface area contributed by atoms with Gasteiger partial charge in [0.25, 0.3) is 0 Å². The van der Waals surface area contributed by atoms with Gasteiger partial charge in [-0.05, 0) is 71.1 Å². The number of piperidine rings is 1. The molecule has 1 fully saturated rings. The maximum atomic E-state index is 13.0. The van der Waals surface area contributed by atoms with Crippen LogP contribution >= 0.6 is 0 Å². The van der Waals surface area contributed by atoms with Gasteiger partial charge in [-0.1, -0.05) is 78.9 Å². The second kappa shape index (κ2) is 11.9. The molecule has 0 bridgehead atoms. The average Bonchev–Trinajstić information content (AvgIpc) is 2.95. The lowest BCUT2D eigenvalue weighted by molar-refractivity contribution is -0.126. The molecule has 5 rings (SSSR count). The highest BCUT2D eigenvalue weighted by Crippen LogP contribution is 2.18. The molecule has 0 aliphatic carbocycles. The quantitative estimate of drug-likeness (QED) is 0.323. The first-order valence-corrected chi connectivity index (χ1v) is 13.0. The van der Waals surface area contributed by atoms with E-state index in [9.17, 15) is 9.59 Å². The average molecular weight is 496 g/mol. The zero-order chi connectivity index (χ0) is 25.5. The Labute approximate surface area is 217 Å². The summed E-state index contributed by atoms with van der Waals surface area (Å²) in [6.07, 6.45) is 1.73. The molecule has 1 aliphatic heterocycles. The predicted octanol–water partition coefficient (Wildman–Crippen LogP) is 4.95. The lowest BCUT2D eigenvalue weighted by atomic mass is 9.96. The lowest BCUT2D eigenvalue weighted by Gasteiger charge is -2.25. The molecule has 1 heterocycles. The molecule has 6 nitrogen and oxygen atoms in total. The number of benzene rings is 4. The standard InChI is InChI=1S/C31H33N3O3/c35-30(26-13-15-32-16-14-26)34-29(19-22-9-11-24-5-1-3-7-27(24)17-22)21-37-31(36)33-20-23-10-12-25-6-2-4-8-28(25)18-23/h1-12,17-18,26,29,32H,13-16,19-21H2,(H,33,36)(H,34,35)/t29-/m1/s1. The number of hydrogen-bond donors (Lipinski definition) is 3. The molecule has 2 amide bonds. The van der Waals surface area contributed by atoms with Gasteiger partial charge in [0, 0.05) is 12.5 Å². The fourth-order valence-electron chi connectivity index (χ4n) is 4.96. The zero-order valence-electron chi connectivity index (χ0n) is 20.9. The highest BCUT2D eigenvalue weighted by molar-refractivity contribution is 5.84. The molecule has 6 heteroatoms. The Hall–Kier alpha value is -3.90. The SMILES string of the molecule is O=C(NCc1ccc2ccccc2c1)OC[C@@H](Cc1ccc2ccccc2c1)NC(=O)C1CCNCC1. The van der Waals surface area contributed by atoms with Crippen molar-refractivity contribution in [3.05, 3.63) is 96.1 Å². The molecule has 37 heavy (non-hydrogen) atoms. The minimum absolute atomic E-state index is 0.0120. The summed E-state index contributed by atoms with van der Waals surface area (Å²) >= 11 is 0. The number of nitrogens with one attached hydrogen (secondary N) is 3. The number of ether oxygens (including phenoxy) is 1. The van der Waals surface area contributed by atoms with E-state index in [-0.39, 0.29) is 24.5 Å². The predicted molar refractivity (Wildman–Crippen MR) is 147 cm³/mol. The maximum Gasteiger partial charge on any atom is 0.407 e. The van der Waals surface area contributed by atoms with Crippen LogP contribution in [0.4, 0.5) is 4.79 Å². The molecule has 1 aliphatic rings. The summed E-state index contributed by atoms with van der Waals surface area (Å²) in [7, 11) is 0. The van der Waals surface area contributed by atoms with E-state index in [1.165, 1.54) is 5.39 Å². The van der Waals surface area contributed by atoms with Gasteiger partial charge in [-0.15, -0.1) is 0 Å². The Morgan fingerprint density at radius 2 is 1.41 bits per heavy atom. The van der Waals surface area contributed by atoms with E-state index in [0.29, 0.717) is 13.0 Å². The van der Waals surface area contributed by atoms with Crippen LogP contribution in [0, 0.1) is 5.92 Å². The van der Waals surface area contributed by atoms with Crippen LogP contribution in [-0.2, 0) is 22.5 Å². The molecule has 0 saturated carbocycles. The largest absolute Gasteiger partial charge is 0.447 e. The van der Waals surface area contributed by atoms with Crippen molar-refractivity contribution in [1.29, 1.82) is 0 Å². The highest BCUT2D eigenvalue weighted by atomic mass is 16.5. The Morgan fingerprint density at radius 3 is 2.08 bits per heavy atom. The number of fused-ring (bicyclic) bond motifs is 2. The van der Waals surface area contributed by atoms with Crippen molar-refractivity contribution >= 4 is 33.5 Å². The van der Waals surface area contributed by atoms with E-state index in [4.69, 9.17) is 4.74 Å². The summed E-state index contributed by atoms with van der Waals surface area (Å²) in [4.78, 5) is 25.5. The second-order valence-electron chi connectivity index (χ2n) is 9.75. The van der Waals surface area contributed by atoms with Crippen LogP contribution in [0.2, 0.25) is 0 Å². The highest BCUT2D eigenvalue weighted by Gasteiger charge is 2.24.